The Hall–Kier alpha value is -1.76. The van der Waals surface area contributed by atoms with E-state index in [0.717, 1.165) is 18.8 Å². The van der Waals surface area contributed by atoms with E-state index < -0.39 is 0 Å². The summed E-state index contributed by atoms with van der Waals surface area (Å²) in [5.74, 6) is 1.09. The summed E-state index contributed by atoms with van der Waals surface area (Å²) in [6.45, 7) is 3.11. The summed E-state index contributed by atoms with van der Waals surface area (Å²) in [6.07, 6.45) is 8.86. The average Bonchev–Trinajstić information content (AvgIpc) is 2.93. The maximum absolute atomic E-state index is 6.09. The Morgan fingerprint density at radius 1 is 0.818 bits per heavy atom. The first kappa shape index (κ1) is 15.1. The van der Waals surface area contributed by atoms with Gasteiger partial charge in [-0.05, 0) is 29.2 Å². The molecule has 0 aromatic heterocycles. The van der Waals surface area contributed by atoms with Crippen LogP contribution in [0.2, 0.25) is 0 Å². The molecule has 0 saturated heterocycles. The van der Waals surface area contributed by atoms with Gasteiger partial charge in [0.15, 0.2) is 0 Å². The van der Waals surface area contributed by atoms with E-state index in [4.69, 9.17) is 4.74 Å². The summed E-state index contributed by atoms with van der Waals surface area (Å²) >= 11 is 0. The minimum atomic E-state index is 0.846. The summed E-state index contributed by atoms with van der Waals surface area (Å²) in [5.41, 5.74) is 5.53. The van der Waals surface area contributed by atoms with E-state index in [2.05, 4.69) is 49.4 Å². The Kier molecular flexibility index (Phi) is 5.15. The third kappa shape index (κ3) is 3.35. The van der Waals surface area contributed by atoms with E-state index in [9.17, 15) is 0 Å². The molecule has 1 aliphatic rings. The van der Waals surface area contributed by atoms with Crippen molar-refractivity contribution in [2.45, 2.75) is 51.9 Å². The molecule has 0 aliphatic heterocycles. The van der Waals surface area contributed by atoms with Crippen molar-refractivity contribution in [3.05, 3.63) is 53.6 Å². The summed E-state index contributed by atoms with van der Waals surface area (Å²) in [7, 11) is 0. The van der Waals surface area contributed by atoms with Gasteiger partial charge in [0.2, 0.25) is 0 Å². The van der Waals surface area contributed by atoms with E-state index >= 15 is 0 Å². The molecular formula is C21H26O. The van der Waals surface area contributed by atoms with Gasteiger partial charge in [0.05, 0.1) is 6.61 Å². The molecule has 1 heteroatoms. The van der Waals surface area contributed by atoms with Crippen LogP contribution in [0.3, 0.4) is 0 Å². The van der Waals surface area contributed by atoms with Crippen LogP contribution in [0.1, 0.15) is 56.6 Å². The fourth-order valence-electron chi connectivity index (χ4n) is 3.33. The quantitative estimate of drug-likeness (QED) is 0.463. The van der Waals surface area contributed by atoms with Gasteiger partial charge < -0.3 is 4.74 Å². The molecule has 2 aromatic rings. The van der Waals surface area contributed by atoms with E-state index in [1.807, 2.05) is 0 Å². The number of unbranched alkanes of at least 4 members (excludes halogenated alkanes) is 5. The second-order valence-corrected chi connectivity index (χ2v) is 6.23. The Balaban J connectivity index is 1.56. The molecule has 0 amide bonds. The van der Waals surface area contributed by atoms with Gasteiger partial charge in [-0.1, -0.05) is 75.4 Å². The third-order valence-corrected chi connectivity index (χ3v) is 4.56. The van der Waals surface area contributed by atoms with Crippen LogP contribution in [-0.4, -0.2) is 6.61 Å². The van der Waals surface area contributed by atoms with Crippen LogP contribution in [0.5, 0.6) is 5.75 Å². The zero-order valence-corrected chi connectivity index (χ0v) is 13.6. The molecule has 0 N–H and O–H groups in total. The average molecular weight is 294 g/mol. The summed E-state index contributed by atoms with van der Waals surface area (Å²) < 4.78 is 6.09. The highest BCUT2D eigenvalue weighted by atomic mass is 16.5. The first-order chi connectivity index (χ1) is 10.9. The number of benzene rings is 2. The molecule has 0 saturated carbocycles. The van der Waals surface area contributed by atoms with Gasteiger partial charge in [-0.2, -0.15) is 0 Å². The van der Waals surface area contributed by atoms with Crippen LogP contribution in [-0.2, 0) is 6.42 Å². The highest BCUT2D eigenvalue weighted by Gasteiger charge is 2.20. The molecule has 22 heavy (non-hydrogen) atoms. The van der Waals surface area contributed by atoms with E-state index in [1.165, 1.54) is 60.8 Å². The van der Waals surface area contributed by atoms with Gasteiger partial charge >= 0.3 is 0 Å². The Labute approximate surface area is 134 Å². The van der Waals surface area contributed by atoms with E-state index in [-0.39, 0.29) is 0 Å². The number of fused-ring (bicyclic) bond motifs is 3. The minimum absolute atomic E-state index is 0.846. The van der Waals surface area contributed by atoms with Gasteiger partial charge in [-0.15, -0.1) is 0 Å². The third-order valence-electron chi connectivity index (χ3n) is 4.56. The first-order valence-electron chi connectivity index (χ1n) is 8.73. The van der Waals surface area contributed by atoms with Crippen molar-refractivity contribution >= 4 is 0 Å². The monoisotopic (exact) mass is 294 g/mol. The van der Waals surface area contributed by atoms with Crippen molar-refractivity contribution in [1.29, 1.82) is 0 Å². The van der Waals surface area contributed by atoms with Gasteiger partial charge in [0.1, 0.15) is 5.75 Å². The minimum Gasteiger partial charge on any atom is -0.493 e. The number of ether oxygens (including phenoxy) is 1. The molecule has 1 aliphatic carbocycles. The Morgan fingerprint density at radius 2 is 1.59 bits per heavy atom. The maximum Gasteiger partial charge on any atom is 0.123 e. The fraction of sp³-hybridized carbons (Fsp3) is 0.429. The smallest absolute Gasteiger partial charge is 0.123 e. The maximum atomic E-state index is 6.09. The van der Waals surface area contributed by atoms with Crippen molar-refractivity contribution in [1.82, 2.24) is 0 Å². The highest BCUT2D eigenvalue weighted by molar-refractivity contribution is 5.78. The number of hydrogen-bond donors (Lipinski definition) is 0. The zero-order chi connectivity index (χ0) is 15.2. The topological polar surface area (TPSA) is 9.23 Å². The predicted molar refractivity (Wildman–Crippen MR) is 93.6 cm³/mol. The van der Waals surface area contributed by atoms with Crippen molar-refractivity contribution in [2.75, 3.05) is 6.61 Å². The molecule has 1 nitrogen and oxygen atoms in total. The van der Waals surface area contributed by atoms with Crippen LogP contribution in [0.4, 0.5) is 0 Å². The molecule has 0 radical (unpaired) electrons. The summed E-state index contributed by atoms with van der Waals surface area (Å²) in [4.78, 5) is 0. The summed E-state index contributed by atoms with van der Waals surface area (Å²) in [6, 6.07) is 15.2. The molecule has 2 aromatic carbocycles. The standard InChI is InChI=1S/C21H26O/c1-2-3-4-5-6-9-15-22-21-14-10-13-19-18-12-8-7-11-17(18)16-20(19)21/h7-8,10-14H,2-6,9,15-16H2,1H3. The van der Waals surface area contributed by atoms with Crippen molar-refractivity contribution < 1.29 is 4.74 Å². The number of hydrogen-bond acceptors (Lipinski definition) is 1. The first-order valence-corrected chi connectivity index (χ1v) is 8.73. The second kappa shape index (κ2) is 7.49. The molecule has 0 spiro atoms. The van der Waals surface area contributed by atoms with Gasteiger partial charge in [0.25, 0.3) is 0 Å². The lowest BCUT2D eigenvalue weighted by atomic mass is 10.1. The predicted octanol–water partition coefficient (Wildman–Crippen LogP) is 6.00. The van der Waals surface area contributed by atoms with Crippen LogP contribution in [0, 0.1) is 0 Å². The molecular weight excluding hydrogens is 268 g/mol. The molecule has 0 bridgehead atoms. The van der Waals surface area contributed by atoms with E-state index in [0.29, 0.717) is 0 Å². The molecule has 0 heterocycles. The molecule has 0 unspecified atom stereocenters. The lowest BCUT2D eigenvalue weighted by Gasteiger charge is -2.10. The zero-order valence-electron chi connectivity index (χ0n) is 13.6. The van der Waals surface area contributed by atoms with Crippen LogP contribution in [0.15, 0.2) is 42.5 Å². The molecule has 0 fully saturated rings. The number of rotatable bonds is 8. The second-order valence-electron chi connectivity index (χ2n) is 6.23. The van der Waals surface area contributed by atoms with Gasteiger partial charge in [-0.25, -0.2) is 0 Å². The SMILES string of the molecule is CCCCCCCCOc1cccc2c1Cc1ccccc1-2. The van der Waals surface area contributed by atoms with E-state index in [1.54, 1.807) is 0 Å². The summed E-state index contributed by atoms with van der Waals surface area (Å²) in [5, 5.41) is 0. The normalized spacial score (nSPS) is 12.0. The Morgan fingerprint density at radius 3 is 2.50 bits per heavy atom. The fourth-order valence-corrected chi connectivity index (χ4v) is 3.33. The van der Waals surface area contributed by atoms with Crippen molar-refractivity contribution in [3.63, 3.8) is 0 Å². The molecule has 0 atom stereocenters. The van der Waals surface area contributed by atoms with Gasteiger partial charge in [0, 0.05) is 12.0 Å². The van der Waals surface area contributed by atoms with Crippen LogP contribution < -0.4 is 4.74 Å². The van der Waals surface area contributed by atoms with Crippen LogP contribution >= 0.6 is 0 Å². The lowest BCUT2D eigenvalue weighted by molar-refractivity contribution is 0.302. The molecule has 116 valence electrons. The Bertz CT molecular complexity index is 615. The van der Waals surface area contributed by atoms with Gasteiger partial charge in [-0.3, -0.25) is 0 Å². The lowest BCUT2D eigenvalue weighted by Crippen LogP contribution is -2.00. The highest BCUT2D eigenvalue weighted by Crippen LogP contribution is 2.40. The van der Waals surface area contributed by atoms with Crippen LogP contribution in [0.25, 0.3) is 11.1 Å². The molecule has 3 rings (SSSR count). The van der Waals surface area contributed by atoms with Crippen molar-refractivity contribution in [3.8, 4) is 16.9 Å². The largest absolute Gasteiger partial charge is 0.493 e. The van der Waals surface area contributed by atoms with Crippen molar-refractivity contribution in [2.24, 2.45) is 0 Å².